The van der Waals surface area contributed by atoms with E-state index < -0.39 is 5.97 Å². The molecule has 1 heterocycles. The van der Waals surface area contributed by atoms with E-state index in [1.807, 2.05) is 0 Å². The van der Waals surface area contributed by atoms with E-state index in [2.05, 4.69) is 4.98 Å². The lowest BCUT2D eigenvalue weighted by Crippen LogP contribution is -2.05. The Morgan fingerprint density at radius 2 is 1.57 bits per heavy atom. The minimum Gasteiger partial charge on any atom is -0.495 e. The Morgan fingerprint density at radius 1 is 1.04 bits per heavy atom. The Labute approximate surface area is 156 Å². The number of carboxylic acids is 1. The molecule has 0 aliphatic carbocycles. The lowest BCUT2D eigenvalue weighted by atomic mass is 9.99. The predicted molar refractivity (Wildman–Crippen MR) is 92.6 cm³/mol. The summed E-state index contributed by atoms with van der Waals surface area (Å²) in [5, 5.41) is 9.28. The van der Waals surface area contributed by atoms with Gasteiger partial charge < -0.3 is 9.84 Å². The van der Waals surface area contributed by atoms with Crippen LogP contribution in [0.15, 0.2) is 12.4 Å². The normalized spacial score (nSPS) is 10.7. The van der Waals surface area contributed by atoms with Crippen LogP contribution in [-0.4, -0.2) is 23.2 Å². The standard InChI is InChI=1S/C14H8Cl5NO3/c1-23-7-4-20-3-6(5(7)2-8(21)22)9-10(15)12(17)14(19)13(18)11(9)16/h3-4H,2H2,1H3,(H,21,22). The van der Waals surface area contributed by atoms with Crippen LogP contribution in [0, 0.1) is 0 Å². The molecule has 0 radical (unpaired) electrons. The summed E-state index contributed by atoms with van der Waals surface area (Å²) >= 11 is 30.6. The first kappa shape index (κ1) is 18.4. The maximum Gasteiger partial charge on any atom is 0.307 e. The van der Waals surface area contributed by atoms with E-state index in [1.165, 1.54) is 19.5 Å². The molecule has 0 aliphatic rings. The molecule has 1 aromatic heterocycles. The Balaban J connectivity index is 2.85. The van der Waals surface area contributed by atoms with Crippen molar-refractivity contribution in [2.75, 3.05) is 7.11 Å². The SMILES string of the molecule is COc1cncc(-c2c(Cl)c(Cl)c(Cl)c(Cl)c2Cl)c1CC(=O)O. The van der Waals surface area contributed by atoms with Crippen LogP contribution in [0.1, 0.15) is 5.56 Å². The van der Waals surface area contributed by atoms with Crippen LogP contribution < -0.4 is 4.74 Å². The number of aliphatic carboxylic acids is 1. The quantitative estimate of drug-likeness (QED) is 0.518. The Kier molecular flexibility index (Phi) is 5.87. The van der Waals surface area contributed by atoms with E-state index in [9.17, 15) is 4.79 Å². The maximum absolute atomic E-state index is 11.2. The summed E-state index contributed by atoms with van der Waals surface area (Å²) in [5.74, 6) is -0.784. The number of carboxylic acid groups (broad SMARTS) is 1. The smallest absolute Gasteiger partial charge is 0.307 e. The molecule has 4 nitrogen and oxygen atoms in total. The number of aromatic nitrogens is 1. The molecule has 1 aromatic carbocycles. The second-order valence-corrected chi connectivity index (χ2v) is 6.27. The molecular formula is C14H8Cl5NO3. The van der Waals surface area contributed by atoms with E-state index >= 15 is 0 Å². The molecule has 23 heavy (non-hydrogen) atoms. The van der Waals surface area contributed by atoms with Gasteiger partial charge in [0.15, 0.2) is 0 Å². The molecule has 0 unspecified atom stereocenters. The van der Waals surface area contributed by atoms with Gasteiger partial charge in [-0.3, -0.25) is 9.78 Å². The molecule has 1 N–H and O–H groups in total. The number of methoxy groups -OCH3 is 1. The van der Waals surface area contributed by atoms with Crippen LogP contribution in [-0.2, 0) is 11.2 Å². The zero-order valence-electron chi connectivity index (χ0n) is 11.5. The van der Waals surface area contributed by atoms with Crippen LogP contribution in [0.5, 0.6) is 5.75 Å². The first-order chi connectivity index (χ1) is 10.8. The van der Waals surface area contributed by atoms with Gasteiger partial charge in [-0.05, 0) is 0 Å². The van der Waals surface area contributed by atoms with Gasteiger partial charge in [-0.25, -0.2) is 0 Å². The highest BCUT2D eigenvalue weighted by molar-refractivity contribution is 6.56. The van der Waals surface area contributed by atoms with Gasteiger partial charge in [0.25, 0.3) is 0 Å². The van der Waals surface area contributed by atoms with Gasteiger partial charge in [-0.15, -0.1) is 0 Å². The van der Waals surface area contributed by atoms with Crippen molar-refractivity contribution in [2.45, 2.75) is 6.42 Å². The maximum atomic E-state index is 11.2. The molecule has 0 amide bonds. The first-order valence-corrected chi connectivity index (χ1v) is 7.93. The van der Waals surface area contributed by atoms with Gasteiger partial charge in [0.1, 0.15) is 5.75 Å². The van der Waals surface area contributed by atoms with Crippen molar-refractivity contribution in [1.29, 1.82) is 0 Å². The molecule has 0 saturated heterocycles. The number of rotatable bonds is 4. The number of halogens is 5. The second-order valence-electron chi connectivity index (χ2n) is 4.38. The Morgan fingerprint density at radius 3 is 2.04 bits per heavy atom. The summed E-state index contributed by atoms with van der Waals surface area (Å²) in [5.41, 5.74) is 0.936. The van der Waals surface area contributed by atoms with E-state index in [-0.39, 0.29) is 42.8 Å². The largest absolute Gasteiger partial charge is 0.495 e. The average Bonchev–Trinajstić information content (AvgIpc) is 2.52. The van der Waals surface area contributed by atoms with Gasteiger partial charge in [-0.2, -0.15) is 0 Å². The lowest BCUT2D eigenvalue weighted by Gasteiger charge is -2.16. The minimum absolute atomic E-state index is 0.0156. The van der Waals surface area contributed by atoms with Gasteiger partial charge in [0.05, 0.1) is 44.8 Å². The van der Waals surface area contributed by atoms with Crippen LogP contribution in [0.3, 0.4) is 0 Å². The van der Waals surface area contributed by atoms with Crippen molar-refractivity contribution >= 4 is 64.0 Å². The number of hydrogen-bond acceptors (Lipinski definition) is 3. The molecule has 0 saturated carbocycles. The molecule has 9 heteroatoms. The zero-order chi connectivity index (χ0) is 17.3. The fourth-order valence-corrected chi connectivity index (χ4v) is 3.38. The minimum atomic E-state index is -1.06. The van der Waals surface area contributed by atoms with Crippen LogP contribution in [0.4, 0.5) is 0 Å². The molecular weight excluding hydrogens is 407 g/mol. The number of hydrogen-bond donors (Lipinski definition) is 1. The van der Waals surface area contributed by atoms with E-state index in [1.54, 1.807) is 0 Å². The van der Waals surface area contributed by atoms with Crippen molar-refractivity contribution in [3.8, 4) is 16.9 Å². The highest BCUT2D eigenvalue weighted by Crippen LogP contribution is 2.49. The van der Waals surface area contributed by atoms with Crippen LogP contribution in [0.2, 0.25) is 25.1 Å². The molecule has 0 fully saturated rings. The van der Waals surface area contributed by atoms with Gasteiger partial charge in [-0.1, -0.05) is 58.0 Å². The third-order valence-electron chi connectivity index (χ3n) is 3.05. The van der Waals surface area contributed by atoms with Gasteiger partial charge in [0.2, 0.25) is 0 Å². The van der Waals surface area contributed by atoms with Crippen molar-refractivity contribution in [1.82, 2.24) is 4.98 Å². The summed E-state index contributed by atoms with van der Waals surface area (Å²) in [4.78, 5) is 15.2. The number of carbonyl (C=O) groups is 1. The topological polar surface area (TPSA) is 59.4 Å². The van der Waals surface area contributed by atoms with Crippen LogP contribution >= 0.6 is 58.0 Å². The molecule has 2 rings (SSSR count). The van der Waals surface area contributed by atoms with Crippen molar-refractivity contribution < 1.29 is 14.6 Å². The average molecular weight is 415 g/mol. The summed E-state index contributed by atoms with van der Waals surface area (Å²) in [6, 6.07) is 0. The lowest BCUT2D eigenvalue weighted by molar-refractivity contribution is -0.136. The molecule has 122 valence electrons. The zero-order valence-corrected chi connectivity index (χ0v) is 15.2. The summed E-state index contributed by atoms with van der Waals surface area (Å²) in [7, 11) is 1.40. The van der Waals surface area contributed by atoms with E-state index in [0.717, 1.165) is 0 Å². The third kappa shape index (κ3) is 3.47. The number of pyridine rings is 1. The fraction of sp³-hybridized carbons (Fsp3) is 0.143. The Hall–Kier alpha value is -0.910. The molecule has 0 spiro atoms. The van der Waals surface area contributed by atoms with Crippen molar-refractivity contribution in [3.63, 3.8) is 0 Å². The molecule has 0 aliphatic heterocycles. The van der Waals surface area contributed by atoms with E-state index in [4.69, 9.17) is 67.8 Å². The third-order valence-corrected chi connectivity index (χ3v) is 5.32. The summed E-state index contributed by atoms with van der Waals surface area (Å²) in [6.45, 7) is 0. The molecule has 2 aromatic rings. The highest BCUT2D eigenvalue weighted by Gasteiger charge is 2.24. The number of benzene rings is 1. The highest BCUT2D eigenvalue weighted by atomic mass is 35.5. The summed E-state index contributed by atoms with van der Waals surface area (Å²) in [6.07, 6.45) is 2.47. The number of ether oxygens (including phenoxy) is 1. The van der Waals surface area contributed by atoms with Gasteiger partial charge in [0, 0.05) is 22.9 Å². The Bertz CT molecular complexity index is 765. The van der Waals surface area contributed by atoms with Crippen molar-refractivity contribution in [3.05, 3.63) is 43.1 Å². The second kappa shape index (κ2) is 7.32. The first-order valence-electron chi connectivity index (χ1n) is 6.04. The number of nitrogens with zero attached hydrogens (tertiary/aromatic N) is 1. The summed E-state index contributed by atoms with van der Waals surface area (Å²) < 4.78 is 5.17. The predicted octanol–water partition coefficient (Wildman–Crippen LogP) is 5.65. The van der Waals surface area contributed by atoms with Crippen LogP contribution in [0.25, 0.3) is 11.1 Å². The molecule has 0 atom stereocenters. The van der Waals surface area contributed by atoms with E-state index in [0.29, 0.717) is 11.1 Å². The fourth-order valence-electron chi connectivity index (χ4n) is 2.03. The molecule has 0 bridgehead atoms. The van der Waals surface area contributed by atoms with Gasteiger partial charge >= 0.3 is 5.97 Å². The monoisotopic (exact) mass is 413 g/mol. The van der Waals surface area contributed by atoms with Crippen molar-refractivity contribution in [2.24, 2.45) is 0 Å².